The highest BCUT2D eigenvalue weighted by Crippen LogP contribution is 2.09. The van der Waals surface area contributed by atoms with E-state index < -0.39 is 0 Å². The minimum absolute atomic E-state index is 0.300. The summed E-state index contributed by atoms with van der Waals surface area (Å²) in [7, 11) is 1.38. The van der Waals surface area contributed by atoms with Crippen LogP contribution in [0.3, 0.4) is 0 Å². The van der Waals surface area contributed by atoms with Crippen LogP contribution in [0.4, 0.5) is 0 Å². The van der Waals surface area contributed by atoms with E-state index in [1.165, 1.54) is 13.4 Å². The van der Waals surface area contributed by atoms with Crippen molar-refractivity contribution in [1.29, 1.82) is 0 Å². The molecule has 0 aromatic carbocycles. The number of carbonyl (C=O) groups excluding carboxylic acids is 1. The summed E-state index contributed by atoms with van der Waals surface area (Å²) < 4.78 is 9.98. The van der Waals surface area contributed by atoms with Crippen LogP contribution in [0.2, 0.25) is 0 Å². The van der Waals surface area contributed by atoms with E-state index in [4.69, 9.17) is 16.3 Å². The Morgan fingerprint density at radius 2 is 2.06 bits per heavy atom. The van der Waals surface area contributed by atoms with Crippen LogP contribution >= 0.6 is 11.6 Å². The molecule has 0 N–H and O–H groups in total. The Hall–Kier alpha value is -0.700. The summed E-state index contributed by atoms with van der Waals surface area (Å²) in [6, 6.07) is 0. The predicted molar refractivity (Wildman–Crippen MR) is 65.5 cm³/mol. The maximum absolute atomic E-state index is 11.3. The summed E-state index contributed by atoms with van der Waals surface area (Å²) in [5.74, 6) is 0.345. The number of rotatable bonds is 9. The van der Waals surface area contributed by atoms with E-state index in [1.807, 2.05) is 0 Å². The summed E-state index contributed by atoms with van der Waals surface area (Å²) >= 11 is 5.54. The number of hydrogen-bond acceptors (Lipinski definition) is 3. The van der Waals surface area contributed by atoms with Crippen molar-refractivity contribution in [3.8, 4) is 0 Å². The third-order valence-corrected chi connectivity index (χ3v) is 2.39. The number of methoxy groups -OCH3 is 1. The first kappa shape index (κ1) is 15.3. The Labute approximate surface area is 103 Å². The van der Waals surface area contributed by atoms with Crippen LogP contribution in [-0.4, -0.2) is 25.6 Å². The Kier molecular flexibility index (Phi) is 10.3. The molecule has 16 heavy (non-hydrogen) atoms. The smallest absolute Gasteiger partial charge is 0.336 e. The molecule has 0 radical (unpaired) electrons. The van der Waals surface area contributed by atoms with Crippen molar-refractivity contribution >= 4 is 17.6 Å². The minimum atomic E-state index is -0.300. The highest BCUT2D eigenvalue weighted by atomic mass is 35.5. The standard InChI is InChI=1S/C12H21ClO3/c1-3-4-7-11(12(14)15-2)10-16-9-6-5-8-13/h10H,3-9H2,1-2H3. The molecular weight excluding hydrogens is 228 g/mol. The maximum Gasteiger partial charge on any atom is 0.336 e. The zero-order valence-corrected chi connectivity index (χ0v) is 10.9. The monoisotopic (exact) mass is 248 g/mol. The lowest BCUT2D eigenvalue weighted by Crippen LogP contribution is -2.06. The van der Waals surface area contributed by atoms with Gasteiger partial charge < -0.3 is 9.47 Å². The Balaban J connectivity index is 3.96. The van der Waals surface area contributed by atoms with E-state index >= 15 is 0 Å². The summed E-state index contributed by atoms with van der Waals surface area (Å²) in [4.78, 5) is 11.3. The van der Waals surface area contributed by atoms with Gasteiger partial charge in [-0.15, -0.1) is 11.6 Å². The molecule has 0 atom stereocenters. The van der Waals surface area contributed by atoms with Crippen molar-refractivity contribution in [3.05, 3.63) is 11.8 Å². The quantitative estimate of drug-likeness (QED) is 0.207. The summed E-state index contributed by atoms with van der Waals surface area (Å²) in [5.41, 5.74) is 0.607. The lowest BCUT2D eigenvalue weighted by Gasteiger charge is -2.05. The molecule has 3 nitrogen and oxygen atoms in total. The number of unbranched alkanes of at least 4 members (excludes halogenated alkanes) is 2. The molecule has 0 aliphatic carbocycles. The number of carbonyl (C=O) groups is 1. The van der Waals surface area contributed by atoms with Gasteiger partial charge in [-0.1, -0.05) is 13.3 Å². The molecule has 0 aliphatic rings. The number of alkyl halides is 1. The average molecular weight is 249 g/mol. The van der Waals surface area contributed by atoms with Crippen LogP contribution in [-0.2, 0) is 14.3 Å². The molecule has 0 fully saturated rings. The van der Waals surface area contributed by atoms with Gasteiger partial charge in [0.1, 0.15) is 0 Å². The number of esters is 1. The third kappa shape index (κ3) is 7.57. The normalized spacial score (nSPS) is 11.3. The molecule has 0 rings (SSSR count). The molecule has 0 amide bonds. The van der Waals surface area contributed by atoms with Gasteiger partial charge in [0.15, 0.2) is 0 Å². The van der Waals surface area contributed by atoms with E-state index in [0.29, 0.717) is 24.5 Å². The van der Waals surface area contributed by atoms with Gasteiger partial charge in [0, 0.05) is 5.88 Å². The third-order valence-electron chi connectivity index (χ3n) is 2.12. The van der Waals surface area contributed by atoms with E-state index in [2.05, 4.69) is 11.7 Å². The van der Waals surface area contributed by atoms with Crippen molar-refractivity contribution in [2.45, 2.75) is 39.0 Å². The molecule has 0 unspecified atom stereocenters. The molecular formula is C12H21ClO3. The van der Waals surface area contributed by atoms with Crippen LogP contribution in [0.25, 0.3) is 0 Å². The number of halogens is 1. The maximum atomic E-state index is 11.3. The van der Waals surface area contributed by atoms with Gasteiger partial charge in [-0.05, 0) is 25.7 Å². The first-order valence-electron chi connectivity index (χ1n) is 5.71. The Morgan fingerprint density at radius 1 is 1.31 bits per heavy atom. The zero-order chi connectivity index (χ0) is 12.2. The van der Waals surface area contributed by atoms with Gasteiger partial charge in [0.2, 0.25) is 0 Å². The highest BCUT2D eigenvalue weighted by molar-refractivity contribution is 6.17. The fraction of sp³-hybridized carbons (Fsp3) is 0.750. The highest BCUT2D eigenvalue weighted by Gasteiger charge is 2.09. The molecule has 0 heterocycles. The molecule has 0 saturated heterocycles. The van der Waals surface area contributed by atoms with Crippen LogP contribution < -0.4 is 0 Å². The van der Waals surface area contributed by atoms with Gasteiger partial charge in [0.25, 0.3) is 0 Å². The van der Waals surface area contributed by atoms with Gasteiger partial charge in [-0.25, -0.2) is 4.79 Å². The van der Waals surface area contributed by atoms with E-state index in [0.717, 1.165) is 25.7 Å². The molecule has 0 saturated carbocycles. The summed E-state index contributed by atoms with van der Waals surface area (Å²) in [6.07, 6.45) is 6.07. The van der Waals surface area contributed by atoms with Crippen molar-refractivity contribution in [2.24, 2.45) is 0 Å². The number of hydrogen-bond donors (Lipinski definition) is 0. The van der Waals surface area contributed by atoms with Crippen molar-refractivity contribution in [3.63, 3.8) is 0 Å². The van der Waals surface area contributed by atoms with E-state index in [-0.39, 0.29) is 5.97 Å². The Morgan fingerprint density at radius 3 is 2.62 bits per heavy atom. The minimum Gasteiger partial charge on any atom is -0.501 e. The second-order valence-corrected chi connectivity index (χ2v) is 3.88. The van der Waals surface area contributed by atoms with Gasteiger partial charge >= 0.3 is 5.97 Å². The first-order chi connectivity index (χ1) is 7.76. The number of ether oxygens (including phenoxy) is 2. The second-order valence-electron chi connectivity index (χ2n) is 3.51. The molecule has 94 valence electrons. The zero-order valence-electron chi connectivity index (χ0n) is 10.1. The molecule has 4 heteroatoms. The first-order valence-corrected chi connectivity index (χ1v) is 6.24. The van der Waals surface area contributed by atoms with Crippen LogP contribution in [0, 0.1) is 0 Å². The molecule has 0 aromatic rings. The molecule has 0 bridgehead atoms. The fourth-order valence-electron chi connectivity index (χ4n) is 1.15. The van der Waals surface area contributed by atoms with Crippen LogP contribution in [0.5, 0.6) is 0 Å². The average Bonchev–Trinajstić information content (AvgIpc) is 2.31. The van der Waals surface area contributed by atoms with Crippen molar-refractivity contribution < 1.29 is 14.3 Å². The van der Waals surface area contributed by atoms with Gasteiger partial charge in [-0.2, -0.15) is 0 Å². The van der Waals surface area contributed by atoms with E-state index in [9.17, 15) is 4.79 Å². The fourth-order valence-corrected chi connectivity index (χ4v) is 1.34. The van der Waals surface area contributed by atoms with Crippen LogP contribution in [0.1, 0.15) is 39.0 Å². The van der Waals surface area contributed by atoms with E-state index in [1.54, 1.807) is 0 Å². The SMILES string of the molecule is CCCCC(=COCCCCCl)C(=O)OC. The van der Waals surface area contributed by atoms with Gasteiger partial charge in [0.05, 0.1) is 25.6 Å². The lowest BCUT2D eigenvalue weighted by molar-refractivity contribution is -0.136. The summed E-state index contributed by atoms with van der Waals surface area (Å²) in [5, 5.41) is 0. The topological polar surface area (TPSA) is 35.5 Å². The second kappa shape index (κ2) is 10.8. The largest absolute Gasteiger partial charge is 0.501 e. The lowest BCUT2D eigenvalue weighted by atomic mass is 10.1. The molecule has 0 spiro atoms. The van der Waals surface area contributed by atoms with Crippen molar-refractivity contribution in [2.75, 3.05) is 19.6 Å². The predicted octanol–water partition coefficient (Wildman–Crippen LogP) is 3.27. The molecule has 0 aromatic heterocycles. The Bertz CT molecular complexity index is 214. The van der Waals surface area contributed by atoms with Crippen LogP contribution in [0.15, 0.2) is 11.8 Å². The summed E-state index contributed by atoms with van der Waals surface area (Å²) in [6.45, 7) is 2.68. The molecule has 0 aliphatic heterocycles. The van der Waals surface area contributed by atoms with Crippen molar-refractivity contribution in [1.82, 2.24) is 0 Å². The van der Waals surface area contributed by atoms with Gasteiger partial charge in [-0.3, -0.25) is 0 Å².